The Hall–Kier alpha value is -3.15. The zero-order valence-corrected chi connectivity index (χ0v) is 13.2. The predicted octanol–water partition coefficient (Wildman–Crippen LogP) is 4.41. The number of rotatable bonds is 0. The van der Waals surface area contributed by atoms with Crippen molar-refractivity contribution in [3.8, 4) is 5.75 Å². The van der Waals surface area contributed by atoms with Crippen LogP contribution in [0.2, 0.25) is 0 Å². The molecule has 26 heavy (non-hydrogen) atoms. The number of carbonyl (C=O) groups excluding carboxylic acids is 1. The molecule has 0 fully saturated rings. The third kappa shape index (κ3) is 1.84. The van der Waals surface area contributed by atoms with Gasteiger partial charge in [-0.1, -0.05) is 36.5 Å². The molecule has 0 saturated heterocycles. The number of alkyl halides is 3. The van der Waals surface area contributed by atoms with Crippen LogP contribution < -0.4 is 4.74 Å². The van der Waals surface area contributed by atoms with Gasteiger partial charge in [0, 0.05) is 28.5 Å². The van der Waals surface area contributed by atoms with E-state index in [2.05, 4.69) is 4.99 Å². The zero-order chi connectivity index (χ0) is 18.1. The number of nitrogens with zero attached hydrogens (tertiary/aromatic N) is 1. The summed E-state index contributed by atoms with van der Waals surface area (Å²) in [5, 5.41) is 0. The number of halogens is 3. The van der Waals surface area contributed by atoms with Gasteiger partial charge in [-0.3, -0.25) is 4.79 Å². The predicted molar refractivity (Wildman–Crippen MR) is 90.2 cm³/mol. The van der Waals surface area contributed by atoms with Crippen LogP contribution in [0.3, 0.4) is 0 Å². The molecular weight excluding hydrogens is 343 g/mol. The monoisotopic (exact) mass is 353 g/mol. The lowest BCUT2D eigenvalue weighted by Crippen LogP contribution is -2.42. The van der Waals surface area contributed by atoms with Crippen LogP contribution in [0.5, 0.6) is 5.75 Å². The van der Waals surface area contributed by atoms with Gasteiger partial charge in [-0.15, -0.1) is 0 Å². The molecule has 1 aromatic carbocycles. The lowest BCUT2D eigenvalue weighted by Gasteiger charge is -2.41. The highest BCUT2D eigenvalue weighted by molar-refractivity contribution is 6.15. The summed E-state index contributed by atoms with van der Waals surface area (Å²) < 4.78 is 47.0. The second-order valence-corrected chi connectivity index (χ2v) is 6.33. The van der Waals surface area contributed by atoms with Crippen molar-refractivity contribution >= 4 is 18.2 Å². The Kier molecular flexibility index (Phi) is 2.75. The first-order valence-corrected chi connectivity index (χ1v) is 7.93. The van der Waals surface area contributed by atoms with Crippen LogP contribution in [-0.4, -0.2) is 17.7 Å². The van der Waals surface area contributed by atoms with E-state index in [1.165, 1.54) is 6.08 Å². The molecule has 6 heteroatoms. The number of fused-ring (bicyclic) bond motifs is 3. The van der Waals surface area contributed by atoms with Gasteiger partial charge < -0.3 is 4.74 Å². The summed E-state index contributed by atoms with van der Waals surface area (Å²) in [6.45, 7) is 0. The Morgan fingerprint density at radius 2 is 1.88 bits per heavy atom. The van der Waals surface area contributed by atoms with E-state index in [0.717, 1.165) is 17.9 Å². The number of ether oxygens (including phenoxy) is 1. The fourth-order valence-corrected chi connectivity index (χ4v) is 3.71. The van der Waals surface area contributed by atoms with Gasteiger partial charge in [-0.2, -0.15) is 13.2 Å². The van der Waals surface area contributed by atoms with Gasteiger partial charge in [-0.25, -0.2) is 4.99 Å². The fourth-order valence-electron chi connectivity index (χ4n) is 3.71. The van der Waals surface area contributed by atoms with Crippen molar-refractivity contribution in [2.24, 2.45) is 4.99 Å². The molecule has 3 nitrogen and oxygen atoms in total. The van der Waals surface area contributed by atoms with Crippen molar-refractivity contribution in [1.82, 2.24) is 0 Å². The minimum atomic E-state index is -4.58. The summed E-state index contributed by atoms with van der Waals surface area (Å²) in [5.41, 5.74) is -0.427. The second kappa shape index (κ2) is 4.72. The molecule has 1 atom stereocenters. The number of benzene rings is 1. The summed E-state index contributed by atoms with van der Waals surface area (Å²) >= 11 is 0. The quantitative estimate of drug-likeness (QED) is 0.693. The SMILES string of the molecule is O=C1N=Cc2cc(C(F)(F)F)c3c(c21)OC12C=CC=CC1=CC=CC2=C3. The van der Waals surface area contributed by atoms with E-state index in [4.69, 9.17) is 4.74 Å². The smallest absolute Gasteiger partial charge is 0.417 e. The normalized spacial score (nSPS) is 24.3. The number of carbonyl (C=O) groups is 1. The molecule has 2 aliphatic heterocycles. The molecule has 0 aromatic heterocycles. The average Bonchev–Trinajstić information content (AvgIpc) is 2.98. The van der Waals surface area contributed by atoms with E-state index < -0.39 is 23.2 Å². The summed E-state index contributed by atoms with van der Waals surface area (Å²) in [6, 6.07) is 0.959. The Balaban J connectivity index is 1.84. The van der Waals surface area contributed by atoms with Crippen molar-refractivity contribution in [1.29, 1.82) is 0 Å². The van der Waals surface area contributed by atoms with Crippen molar-refractivity contribution in [3.63, 3.8) is 0 Å². The van der Waals surface area contributed by atoms with Crippen molar-refractivity contribution in [2.45, 2.75) is 11.8 Å². The Morgan fingerprint density at radius 1 is 1.08 bits per heavy atom. The van der Waals surface area contributed by atoms with Crippen molar-refractivity contribution in [3.05, 3.63) is 82.0 Å². The van der Waals surface area contributed by atoms with Crippen LogP contribution in [-0.2, 0) is 6.18 Å². The van der Waals surface area contributed by atoms with Crippen LogP contribution in [0.15, 0.2) is 64.7 Å². The highest BCUT2D eigenvalue weighted by atomic mass is 19.4. The van der Waals surface area contributed by atoms with Gasteiger partial charge in [0.05, 0.1) is 11.1 Å². The van der Waals surface area contributed by atoms with E-state index in [-0.39, 0.29) is 22.4 Å². The van der Waals surface area contributed by atoms with Crippen LogP contribution in [0.1, 0.15) is 27.0 Å². The number of amides is 1. The van der Waals surface area contributed by atoms with E-state index >= 15 is 0 Å². The summed E-state index contributed by atoms with van der Waals surface area (Å²) in [4.78, 5) is 15.8. The topological polar surface area (TPSA) is 38.7 Å². The second-order valence-electron chi connectivity index (χ2n) is 6.33. The molecule has 2 aliphatic carbocycles. The third-order valence-electron chi connectivity index (χ3n) is 4.88. The van der Waals surface area contributed by atoms with E-state index in [1.54, 1.807) is 24.3 Å². The molecule has 1 amide bonds. The van der Waals surface area contributed by atoms with Crippen LogP contribution >= 0.6 is 0 Å². The molecule has 1 spiro atoms. The third-order valence-corrected chi connectivity index (χ3v) is 4.88. The lowest BCUT2D eigenvalue weighted by atomic mass is 9.76. The highest BCUT2D eigenvalue weighted by Gasteiger charge is 2.46. The maximum Gasteiger partial charge on any atom is 0.417 e. The molecule has 0 bridgehead atoms. The largest absolute Gasteiger partial charge is 0.472 e. The molecule has 4 aliphatic rings. The van der Waals surface area contributed by atoms with Gasteiger partial charge in [0.1, 0.15) is 5.75 Å². The summed E-state index contributed by atoms with van der Waals surface area (Å²) in [7, 11) is 0. The Bertz CT molecular complexity index is 1070. The maximum atomic E-state index is 13.6. The summed E-state index contributed by atoms with van der Waals surface area (Å²) in [5.74, 6) is -0.660. The molecular formula is C20H10F3NO2. The van der Waals surface area contributed by atoms with Crippen molar-refractivity contribution in [2.75, 3.05) is 0 Å². The number of hydrogen-bond acceptors (Lipinski definition) is 2. The van der Waals surface area contributed by atoms with Crippen LogP contribution in [0, 0.1) is 0 Å². The first kappa shape index (κ1) is 15.1. The van der Waals surface area contributed by atoms with E-state index in [9.17, 15) is 18.0 Å². The Labute approximate surface area is 146 Å². The molecule has 2 heterocycles. The number of allylic oxidation sites excluding steroid dienone is 4. The van der Waals surface area contributed by atoms with Gasteiger partial charge in [-0.05, 0) is 18.2 Å². The first-order chi connectivity index (χ1) is 12.4. The molecule has 0 saturated carbocycles. The van der Waals surface area contributed by atoms with Crippen LogP contribution in [0.25, 0.3) is 6.08 Å². The Morgan fingerprint density at radius 3 is 2.69 bits per heavy atom. The van der Waals surface area contributed by atoms with Crippen LogP contribution in [0.4, 0.5) is 13.2 Å². The molecule has 1 unspecified atom stereocenters. The van der Waals surface area contributed by atoms with Gasteiger partial charge in [0.2, 0.25) is 0 Å². The number of hydrogen-bond donors (Lipinski definition) is 0. The molecule has 0 radical (unpaired) electrons. The molecule has 0 N–H and O–H groups in total. The lowest BCUT2D eigenvalue weighted by molar-refractivity contribution is -0.137. The highest BCUT2D eigenvalue weighted by Crippen LogP contribution is 2.50. The minimum Gasteiger partial charge on any atom is -0.472 e. The summed E-state index contributed by atoms with van der Waals surface area (Å²) in [6.07, 6.45) is 10.6. The average molecular weight is 353 g/mol. The molecule has 5 rings (SSSR count). The molecule has 128 valence electrons. The standard InChI is InChI=1S/C20H10F3NO2/c21-20(22,23)15-8-11-10-24-18(25)16(11)17-14(15)9-13-6-3-5-12-4-1-2-7-19(12,13)26-17/h1-10H. The number of aliphatic imine (C=N–C) groups is 1. The van der Waals surface area contributed by atoms with Gasteiger partial charge in [0.15, 0.2) is 5.60 Å². The fraction of sp³-hybridized carbons (Fsp3) is 0.100. The van der Waals surface area contributed by atoms with Crippen molar-refractivity contribution < 1.29 is 22.7 Å². The molecule has 1 aromatic rings. The maximum absolute atomic E-state index is 13.6. The zero-order valence-electron chi connectivity index (χ0n) is 13.2. The van der Waals surface area contributed by atoms with E-state index in [1.807, 2.05) is 18.2 Å². The van der Waals surface area contributed by atoms with Gasteiger partial charge in [0.25, 0.3) is 5.91 Å². The van der Waals surface area contributed by atoms with E-state index in [0.29, 0.717) is 5.57 Å². The first-order valence-electron chi connectivity index (χ1n) is 7.93. The minimum absolute atomic E-state index is 0.0674. The van der Waals surface area contributed by atoms with Gasteiger partial charge >= 0.3 is 6.18 Å².